The smallest absolute Gasteiger partial charge is 0.306 e. The summed E-state index contributed by atoms with van der Waals surface area (Å²) >= 11 is 0. The lowest BCUT2D eigenvalue weighted by Gasteiger charge is -2.24. The summed E-state index contributed by atoms with van der Waals surface area (Å²) in [6.07, 6.45) is 59.3. The van der Waals surface area contributed by atoms with Crippen LogP contribution in [-0.4, -0.2) is 46.9 Å². The number of esters is 1. The molecule has 0 aromatic rings. The van der Waals surface area contributed by atoms with Crippen LogP contribution in [0.5, 0.6) is 0 Å². The topological polar surface area (TPSA) is 95.9 Å². The highest BCUT2D eigenvalue weighted by atomic mass is 16.5. The molecule has 3 N–H and O–H groups in total. The van der Waals surface area contributed by atoms with Crippen LogP contribution in [0.3, 0.4) is 0 Å². The summed E-state index contributed by atoms with van der Waals surface area (Å²) in [5.41, 5.74) is 0. The van der Waals surface area contributed by atoms with Gasteiger partial charge in [-0.15, -0.1) is 0 Å². The lowest BCUT2D eigenvalue weighted by Crippen LogP contribution is -2.46. The molecule has 62 heavy (non-hydrogen) atoms. The van der Waals surface area contributed by atoms with E-state index in [2.05, 4.69) is 62.5 Å². The van der Waals surface area contributed by atoms with Gasteiger partial charge in [0, 0.05) is 6.42 Å². The minimum absolute atomic E-state index is 0.0586. The van der Waals surface area contributed by atoms with Crippen molar-refractivity contribution < 1.29 is 24.5 Å². The van der Waals surface area contributed by atoms with Crippen LogP contribution in [0.1, 0.15) is 284 Å². The number of carbonyl (C=O) groups is 2. The largest absolute Gasteiger partial charge is 0.462 e. The lowest BCUT2D eigenvalue weighted by atomic mass is 10.0. The zero-order valence-corrected chi connectivity index (χ0v) is 41.5. The van der Waals surface area contributed by atoms with Gasteiger partial charge in [-0.3, -0.25) is 9.59 Å². The van der Waals surface area contributed by atoms with E-state index in [-0.39, 0.29) is 24.9 Å². The molecule has 6 heteroatoms. The highest BCUT2D eigenvalue weighted by molar-refractivity contribution is 5.77. The van der Waals surface area contributed by atoms with E-state index in [9.17, 15) is 19.8 Å². The summed E-state index contributed by atoms with van der Waals surface area (Å²) in [6.45, 7) is 6.43. The van der Waals surface area contributed by atoms with Gasteiger partial charge in [0.2, 0.25) is 5.91 Å². The normalized spacial score (nSPS) is 13.4. The third-order valence-electron chi connectivity index (χ3n) is 12.5. The van der Waals surface area contributed by atoms with Gasteiger partial charge >= 0.3 is 5.97 Å². The maximum atomic E-state index is 13.2. The number of rotatable bonds is 49. The van der Waals surface area contributed by atoms with Crippen LogP contribution in [0.15, 0.2) is 36.5 Å². The Kier molecular flexibility index (Phi) is 48.5. The molecular weight excluding hydrogens is 767 g/mol. The SMILES string of the molecule is CCC/C=C\CCCCCCCC(=O)OC(CCCCC/C=C/C=C/CCCCCCCCC)CC(=O)NC(CO)C(O)CCCCCCCCCCCCCCCCCCC. The third-order valence-corrected chi connectivity index (χ3v) is 12.5. The summed E-state index contributed by atoms with van der Waals surface area (Å²) in [4.78, 5) is 26.1. The minimum Gasteiger partial charge on any atom is -0.462 e. The van der Waals surface area contributed by atoms with Crippen molar-refractivity contribution in [2.75, 3.05) is 6.61 Å². The van der Waals surface area contributed by atoms with Gasteiger partial charge in [-0.2, -0.15) is 0 Å². The number of ether oxygens (including phenoxy) is 1. The molecule has 0 aromatic heterocycles. The summed E-state index contributed by atoms with van der Waals surface area (Å²) in [5.74, 6) is -0.503. The second-order valence-electron chi connectivity index (χ2n) is 18.7. The molecule has 0 bridgehead atoms. The Labute approximate surface area is 385 Å². The van der Waals surface area contributed by atoms with Gasteiger partial charge in [0.05, 0.1) is 25.2 Å². The third kappa shape index (κ3) is 44.7. The molecule has 0 saturated heterocycles. The fourth-order valence-electron chi connectivity index (χ4n) is 8.31. The molecule has 0 spiro atoms. The van der Waals surface area contributed by atoms with Crippen LogP contribution in [0, 0.1) is 0 Å². The number of nitrogens with one attached hydrogen (secondary N) is 1. The Balaban J connectivity index is 4.53. The second kappa shape index (κ2) is 50.1. The van der Waals surface area contributed by atoms with Gasteiger partial charge in [0.15, 0.2) is 0 Å². The van der Waals surface area contributed by atoms with Crippen molar-refractivity contribution in [2.45, 2.75) is 302 Å². The van der Waals surface area contributed by atoms with Crippen LogP contribution < -0.4 is 5.32 Å². The van der Waals surface area contributed by atoms with Crippen molar-refractivity contribution in [3.8, 4) is 0 Å². The fraction of sp³-hybridized carbons (Fsp3) is 0.857. The zero-order chi connectivity index (χ0) is 45.2. The molecule has 0 radical (unpaired) electrons. The minimum atomic E-state index is -0.795. The number of carbonyl (C=O) groups excluding carboxylic acids is 2. The number of aliphatic hydroxyl groups is 2. The molecule has 0 aromatic carbocycles. The quantitative estimate of drug-likeness (QED) is 0.0245. The number of allylic oxidation sites excluding steroid dienone is 6. The zero-order valence-electron chi connectivity index (χ0n) is 41.5. The van der Waals surface area contributed by atoms with Crippen molar-refractivity contribution in [1.82, 2.24) is 5.32 Å². The second-order valence-corrected chi connectivity index (χ2v) is 18.7. The first-order chi connectivity index (χ1) is 30.5. The molecule has 3 atom stereocenters. The molecule has 1 amide bonds. The van der Waals surface area contributed by atoms with E-state index in [0.29, 0.717) is 19.3 Å². The first-order valence-electron chi connectivity index (χ1n) is 27.2. The van der Waals surface area contributed by atoms with E-state index in [4.69, 9.17) is 4.74 Å². The van der Waals surface area contributed by atoms with Crippen molar-refractivity contribution in [1.29, 1.82) is 0 Å². The molecule has 0 saturated carbocycles. The van der Waals surface area contributed by atoms with E-state index >= 15 is 0 Å². The van der Waals surface area contributed by atoms with E-state index in [0.717, 1.165) is 83.5 Å². The van der Waals surface area contributed by atoms with Crippen LogP contribution in [-0.2, 0) is 14.3 Å². The predicted molar refractivity (Wildman–Crippen MR) is 269 cm³/mol. The van der Waals surface area contributed by atoms with Crippen LogP contribution in [0.25, 0.3) is 0 Å². The summed E-state index contributed by atoms with van der Waals surface area (Å²) < 4.78 is 5.91. The number of amides is 1. The maximum absolute atomic E-state index is 13.2. The first-order valence-corrected chi connectivity index (χ1v) is 27.2. The standard InChI is InChI=1S/C56H105NO5/c1-4-7-10-13-16-19-22-24-26-28-30-32-34-36-39-42-45-48-54(59)53(51-58)57-55(60)50-52(62-56(61)49-46-43-40-37-21-18-15-12-9-6-3)47-44-41-38-35-33-31-29-27-25-23-20-17-14-11-8-5-2/h12,15,27,29,31,33,52-54,58-59H,4-11,13-14,16-26,28,30,32,34-51H2,1-3H3,(H,57,60)/b15-12-,29-27+,33-31+. The van der Waals surface area contributed by atoms with E-state index in [1.54, 1.807) is 0 Å². The van der Waals surface area contributed by atoms with Gasteiger partial charge in [0.1, 0.15) is 6.10 Å². The molecule has 0 aliphatic heterocycles. The first kappa shape index (κ1) is 60.1. The summed E-state index contributed by atoms with van der Waals surface area (Å²) in [6, 6.07) is -0.710. The van der Waals surface area contributed by atoms with Gasteiger partial charge in [-0.1, -0.05) is 237 Å². The van der Waals surface area contributed by atoms with Crippen molar-refractivity contribution in [3.05, 3.63) is 36.5 Å². The van der Waals surface area contributed by atoms with E-state index in [1.165, 1.54) is 154 Å². The van der Waals surface area contributed by atoms with E-state index < -0.39 is 18.2 Å². The monoisotopic (exact) mass is 872 g/mol. The van der Waals surface area contributed by atoms with E-state index in [1.807, 2.05) is 0 Å². The van der Waals surface area contributed by atoms with Crippen LogP contribution in [0.4, 0.5) is 0 Å². The van der Waals surface area contributed by atoms with Gasteiger partial charge in [0.25, 0.3) is 0 Å². The number of aliphatic hydroxyl groups excluding tert-OH is 2. The molecule has 3 unspecified atom stereocenters. The fourth-order valence-corrected chi connectivity index (χ4v) is 8.31. The number of unbranched alkanes of at least 4 members (excludes halogenated alkanes) is 32. The highest BCUT2D eigenvalue weighted by Crippen LogP contribution is 2.18. The van der Waals surface area contributed by atoms with Crippen molar-refractivity contribution in [3.63, 3.8) is 0 Å². The Morgan fingerprint density at radius 3 is 1.32 bits per heavy atom. The van der Waals surface area contributed by atoms with Crippen LogP contribution in [0.2, 0.25) is 0 Å². The van der Waals surface area contributed by atoms with Crippen molar-refractivity contribution in [2.24, 2.45) is 0 Å². The molecule has 0 rings (SSSR count). The van der Waals surface area contributed by atoms with Gasteiger partial charge in [-0.05, 0) is 70.6 Å². The molecule has 6 nitrogen and oxygen atoms in total. The van der Waals surface area contributed by atoms with Gasteiger partial charge in [-0.25, -0.2) is 0 Å². The molecule has 364 valence electrons. The Hall–Kier alpha value is -1.92. The predicted octanol–water partition coefficient (Wildman–Crippen LogP) is 16.5. The highest BCUT2D eigenvalue weighted by Gasteiger charge is 2.24. The molecule has 0 aliphatic carbocycles. The maximum Gasteiger partial charge on any atom is 0.306 e. The molecule has 0 heterocycles. The molecule has 0 fully saturated rings. The average molecular weight is 872 g/mol. The van der Waals surface area contributed by atoms with Crippen molar-refractivity contribution >= 4 is 11.9 Å². The average Bonchev–Trinajstić information content (AvgIpc) is 3.26. The summed E-state index contributed by atoms with van der Waals surface area (Å²) in [5, 5.41) is 23.8. The lowest BCUT2D eigenvalue weighted by molar-refractivity contribution is -0.151. The molecular formula is C56H105NO5. The number of hydrogen-bond donors (Lipinski definition) is 3. The Bertz CT molecular complexity index is 1020. The number of hydrogen-bond acceptors (Lipinski definition) is 5. The van der Waals surface area contributed by atoms with Crippen LogP contribution >= 0.6 is 0 Å². The van der Waals surface area contributed by atoms with Gasteiger partial charge < -0.3 is 20.3 Å². The Morgan fingerprint density at radius 2 is 0.855 bits per heavy atom. The summed E-state index contributed by atoms with van der Waals surface area (Å²) in [7, 11) is 0. The molecule has 0 aliphatic rings. The Morgan fingerprint density at radius 1 is 0.468 bits per heavy atom.